The number of rotatable bonds is 3. The second-order valence-corrected chi connectivity index (χ2v) is 5.21. The van der Waals surface area contributed by atoms with E-state index in [-0.39, 0.29) is 0 Å². The lowest BCUT2D eigenvalue weighted by atomic mass is 10.0. The van der Waals surface area contributed by atoms with E-state index in [1.54, 1.807) is 18.2 Å². The maximum atomic E-state index is 12.5. The molecule has 0 spiro atoms. The summed E-state index contributed by atoms with van der Waals surface area (Å²) in [5, 5.41) is -0.236. The van der Waals surface area contributed by atoms with Gasteiger partial charge in [0.2, 0.25) is 0 Å². The van der Waals surface area contributed by atoms with Crippen LogP contribution < -0.4 is 4.74 Å². The van der Waals surface area contributed by atoms with Crippen molar-refractivity contribution in [1.82, 2.24) is 0 Å². The third-order valence-electron chi connectivity index (χ3n) is 3.01. The van der Waals surface area contributed by atoms with E-state index in [1.807, 2.05) is 0 Å². The number of methoxy groups -OCH3 is 1. The van der Waals surface area contributed by atoms with Crippen molar-refractivity contribution in [3.63, 3.8) is 0 Å². The second kappa shape index (κ2) is 6.16. The highest BCUT2D eigenvalue weighted by atomic mass is 35.5. The molecule has 6 heteroatoms. The molecule has 0 aliphatic heterocycles. The highest BCUT2D eigenvalue weighted by Crippen LogP contribution is 2.37. The topological polar surface area (TPSA) is 9.23 Å². The molecule has 112 valence electrons. The molecule has 1 unspecified atom stereocenters. The van der Waals surface area contributed by atoms with E-state index < -0.39 is 17.1 Å². The Balaban J connectivity index is 2.30. The average Bonchev–Trinajstić information content (AvgIpc) is 2.45. The summed E-state index contributed by atoms with van der Waals surface area (Å²) in [4.78, 5) is 0. The summed E-state index contributed by atoms with van der Waals surface area (Å²) in [6.45, 7) is 0. The quantitative estimate of drug-likeness (QED) is 0.654. The zero-order chi connectivity index (χ0) is 15.6. The Labute approximate surface area is 130 Å². The molecular weight excluding hydrogens is 324 g/mol. The molecule has 0 aliphatic carbocycles. The van der Waals surface area contributed by atoms with Gasteiger partial charge in [-0.1, -0.05) is 29.8 Å². The molecule has 0 N–H and O–H groups in total. The molecule has 0 heterocycles. The fraction of sp³-hybridized carbons (Fsp3) is 0.200. The molecule has 0 bridgehead atoms. The van der Waals surface area contributed by atoms with Gasteiger partial charge in [-0.3, -0.25) is 0 Å². The Morgan fingerprint density at radius 3 is 2.14 bits per heavy atom. The van der Waals surface area contributed by atoms with Crippen molar-refractivity contribution in [3.8, 4) is 5.75 Å². The van der Waals surface area contributed by atoms with Crippen molar-refractivity contribution in [1.29, 1.82) is 0 Å². The van der Waals surface area contributed by atoms with Crippen molar-refractivity contribution in [2.75, 3.05) is 7.11 Å². The molecule has 0 saturated carbocycles. The first-order valence-electron chi connectivity index (χ1n) is 5.97. The molecule has 0 radical (unpaired) electrons. The minimum absolute atomic E-state index is 0.397. The number of ether oxygens (including phenoxy) is 1. The van der Waals surface area contributed by atoms with Crippen LogP contribution in [0, 0.1) is 0 Å². The second-order valence-electron chi connectivity index (χ2n) is 4.37. The summed E-state index contributed by atoms with van der Waals surface area (Å²) in [5.41, 5.74) is 0.437. The Kier molecular flexibility index (Phi) is 4.69. The van der Waals surface area contributed by atoms with Gasteiger partial charge in [0.25, 0.3) is 0 Å². The van der Waals surface area contributed by atoms with Gasteiger partial charge in [0, 0.05) is 5.02 Å². The molecule has 1 atom stereocenters. The molecule has 21 heavy (non-hydrogen) atoms. The highest BCUT2D eigenvalue weighted by molar-refractivity contribution is 6.33. The monoisotopic (exact) mass is 334 g/mol. The third kappa shape index (κ3) is 3.63. The summed E-state index contributed by atoms with van der Waals surface area (Å²) in [6.07, 6.45) is -4.36. The molecule has 1 nitrogen and oxygen atoms in total. The summed E-state index contributed by atoms with van der Waals surface area (Å²) < 4.78 is 42.6. The molecule has 0 aliphatic rings. The minimum atomic E-state index is -4.36. The van der Waals surface area contributed by atoms with E-state index in [2.05, 4.69) is 0 Å². The summed E-state index contributed by atoms with van der Waals surface area (Å²) in [5.74, 6) is 0.583. The first-order valence-corrected chi connectivity index (χ1v) is 6.79. The molecule has 2 aromatic rings. The number of hydrogen-bond donors (Lipinski definition) is 0. The van der Waals surface area contributed by atoms with Gasteiger partial charge in [-0.25, -0.2) is 0 Å². The first-order chi connectivity index (χ1) is 9.82. The summed E-state index contributed by atoms with van der Waals surface area (Å²) >= 11 is 12.4. The van der Waals surface area contributed by atoms with Gasteiger partial charge < -0.3 is 4.74 Å². The molecule has 0 saturated heterocycles. The van der Waals surface area contributed by atoms with E-state index in [4.69, 9.17) is 27.9 Å². The first kappa shape index (κ1) is 16.0. The van der Waals surface area contributed by atoms with Crippen molar-refractivity contribution >= 4 is 23.2 Å². The van der Waals surface area contributed by atoms with Gasteiger partial charge in [0.15, 0.2) is 0 Å². The van der Waals surface area contributed by atoms with Crippen LogP contribution >= 0.6 is 23.2 Å². The Bertz CT molecular complexity index is 624. The average molecular weight is 335 g/mol. The fourth-order valence-corrected chi connectivity index (χ4v) is 2.53. The Hall–Kier alpha value is -1.39. The SMILES string of the molecule is COc1ccc(C(Cl)c2ccc(C(F)(F)F)cc2)c(Cl)c1. The summed E-state index contributed by atoms with van der Waals surface area (Å²) in [7, 11) is 1.51. The van der Waals surface area contributed by atoms with Crippen LogP contribution in [0.3, 0.4) is 0 Å². The fourth-order valence-electron chi connectivity index (χ4n) is 1.86. The maximum Gasteiger partial charge on any atom is 0.416 e. The van der Waals surface area contributed by atoms with E-state index >= 15 is 0 Å². The predicted octanol–water partition coefficient (Wildman–Crippen LogP) is 5.70. The largest absolute Gasteiger partial charge is 0.497 e. The number of alkyl halides is 4. The van der Waals surface area contributed by atoms with E-state index in [0.717, 1.165) is 12.1 Å². The van der Waals surface area contributed by atoms with Crippen LogP contribution in [0.25, 0.3) is 0 Å². The normalized spacial score (nSPS) is 13.0. The van der Waals surface area contributed by atoms with Crippen LogP contribution in [0.15, 0.2) is 42.5 Å². The zero-order valence-electron chi connectivity index (χ0n) is 10.9. The van der Waals surface area contributed by atoms with Gasteiger partial charge in [-0.05, 0) is 35.4 Å². The van der Waals surface area contributed by atoms with E-state index in [9.17, 15) is 13.2 Å². The van der Waals surface area contributed by atoms with Crippen LogP contribution in [0.4, 0.5) is 13.2 Å². The van der Waals surface area contributed by atoms with Crippen molar-refractivity contribution in [2.45, 2.75) is 11.6 Å². The van der Waals surface area contributed by atoms with E-state index in [0.29, 0.717) is 21.9 Å². The molecule has 2 rings (SSSR count). The van der Waals surface area contributed by atoms with Gasteiger partial charge >= 0.3 is 6.18 Å². The molecule has 2 aromatic carbocycles. The highest BCUT2D eigenvalue weighted by Gasteiger charge is 2.30. The number of halogens is 5. The van der Waals surface area contributed by atoms with Crippen LogP contribution in [-0.4, -0.2) is 7.11 Å². The van der Waals surface area contributed by atoms with Gasteiger partial charge in [0.05, 0.1) is 18.1 Å². The maximum absolute atomic E-state index is 12.5. The molecule has 0 aromatic heterocycles. The van der Waals surface area contributed by atoms with Gasteiger partial charge in [-0.15, -0.1) is 11.6 Å². The van der Waals surface area contributed by atoms with Gasteiger partial charge in [0.1, 0.15) is 5.75 Å². The zero-order valence-corrected chi connectivity index (χ0v) is 12.4. The Morgan fingerprint density at radius 1 is 1.05 bits per heavy atom. The lowest BCUT2D eigenvalue weighted by Crippen LogP contribution is -2.05. The smallest absolute Gasteiger partial charge is 0.416 e. The van der Waals surface area contributed by atoms with Crippen molar-refractivity contribution < 1.29 is 17.9 Å². The van der Waals surface area contributed by atoms with Crippen molar-refractivity contribution in [3.05, 3.63) is 64.2 Å². The van der Waals surface area contributed by atoms with Crippen LogP contribution in [0.1, 0.15) is 22.1 Å². The predicted molar refractivity (Wildman–Crippen MR) is 77.1 cm³/mol. The van der Waals surface area contributed by atoms with Crippen molar-refractivity contribution in [2.24, 2.45) is 0 Å². The number of benzene rings is 2. The Morgan fingerprint density at radius 2 is 1.67 bits per heavy atom. The van der Waals surface area contributed by atoms with Crippen LogP contribution in [-0.2, 0) is 6.18 Å². The van der Waals surface area contributed by atoms with E-state index in [1.165, 1.54) is 19.2 Å². The van der Waals surface area contributed by atoms with Crippen LogP contribution in [0.5, 0.6) is 5.75 Å². The lowest BCUT2D eigenvalue weighted by Gasteiger charge is -2.14. The number of hydrogen-bond acceptors (Lipinski definition) is 1. The molecule has 0 amide bonds. The third-order valence-corrected chi connectivity index (χ3v) is 3.83. The molecule has 0 fully saturated rings. The van der Waals surface area contributed by atoms with Gasteiger partial charge in [-0.2, -0.15) is 13.2 Å². The molecular formula is C15H11Cl2F3O. The summed E-state index contributed by atoms with van der Waals surface area (Å²) in [6, 6.07) is 9.69. The minimum Gasteiger partial charge on any atom is -0.497 e. The standard InChI is InChI=1S/C15H11Cl2F3O/c1-21-11-6-7-12(13(16)8-11)14(17)9-2-4-10(5-3-9)15(18,19)20/h2-8,14H,1H3. The van der Waals surface area contributed by atoms with Crippen LogP contribution in [0.2, 0.25) is 5.02 Å². The lowest BCUT2D eigenvalue weighted by molar-refractivity contribution is -0.137.